The van der Waals surface area contributed by atoms with Gasteiger partial charge in [-0.25, -0.2) is 0 Å². The summed E-state index contributed by atoms with van der Waals surface area (Å²) >= 11 is 0. The molecule has 0 spiro atoms. The summed E-state index contributed by atoms with van der Waals surface area (Å²) in [6.45, 7) is 6.24. The number of piperidine rings is 1. The molecule has 1 amide bonds. The first-order valence-corrected chi connectivity index (χ1v) is 7.35. The van der Waals surface area contributed by atoms with E-state index in [1.165, 1.54) is 12.8 Å². The Labute approximate surface area is 110 Å². The predicted molar refractivity (Wildman–Crippen MR) is 73.2 cm³/mol. The average molecular weight is 253 g/mol. The second-order valence-corrected chi connectivity index (χ2v) is 6.15. The Morgan fingerprint density at radius 3 is 2.67 bits per heavy atom. The largest absolute Gasteiger partial charge is 0.353 e. The smallest absolute Gasteiger partial charge is 0.221 e. The van der Waals surface area contributed by atoms with Crippen LogP contribution in [0.1, 0.15) is 46.0 Å². The second-order valence-electron chi connectivity index (χ2n) is 6.15. The van der Waals surface area contributed by atoms with Crippen molar-refractivity contribution < 1.29 is 4.79 Å². The van der Waals surface area contributed by atoms with Crippen LogP contribution in [0.4, 0.5) is 0 Å². The lowest BCUT2D eigenvalue weighted by Crippen LogP contribution is -2.51. The topological polar surface area (TPSA) is 58.4 Å². The standard InChI is InChI=1S/C14H27N3O/c1-10-5-6-17(11(2)7-10)13(9-15)8-14(18)16-12-3-4-12/h10-13H,3-9,15H2,1-2H3,(H,16,18). The summed E-state index contributed by atoms with van der Waals surface area (Å²) in [5.74, 6) is 0.980. The van der Waals surface area contributed by atoms with Crippen molar-refractivity contribution in [2.24, 2.45) is 11.7 Å². The first-order chi connectivity index (χ1) is 8.60. The van der Waals surface area contributed by atoms with Gasteiger partial charge >= 0.3 is 0 Å². The maximum atomic E-state index is 11.9. The van der Waals surface area contributed by atoms with Crippen LogP contribution in [0.2, 0.25) is 0 Å². The zero-order valence-corrected chi connectivity index (χ0v) is 11.7. The molecule has 18 heavy (non-hydrogen) atoms. The Bertz CT molecular complexity index is 291. The first kappa shape index (κ1) is 13.8. The van der Waals surface area contributed by atoms with Crippen molar-refractivity contribution in [3.8, 4) is 0 Å². The molecule has 4 heteroatoms. The number of nitrogens with one attached hydrogen (secondary N) is 1. The molecule has 0 aromatic rings. The minimum Gasteiger partial charge on any atom is -0.353 e. The van der Waals surface area contributed by atoms with Crippen LogP contribution < -0.4 is 11.1 Å². The molecule has 1 aliphatic carbocycles. The van der Waals surface area contributed by atoms with E-state index in [2.05, 4.69) is 24.1 Å². The lowest BCUT2D eigenvalue weighted by molar-refractivity contribution is -0.122. The Morgan fingerprint density at radius 1 is 1.39 bits per heavy atom. The molecule has 0 aromatic carbocycles. The van der Waals surface area contributed by atoms with Gasteiger partial charge in [0.2, 0.25) is 5.91 Å². The predicted octanol–water partition coefficient (Wildman–Crippen LogP) is 1.10. The highest BCUT2D eigenvalue weighted by atomic mass is 16.1. The minimum absolute atomic E-state index is 0.179. The van der Waals surface area contributed by atoms with E-state index in [1.807, 2.05) is 0 Å². The van der Waals surface area contributed by atoms with E-state index in [4.69, 9.17) is 5.73 Å². The van der Waals surface area contributed by atoms with Crippen LogP contribution in [-0.4, -0.2) is 42.0 Å². The van der Waals surface area contributed by atoms with Gasteiger partial charge in [-0.2, -0.15) is 0 Å². The summed E-state index contributed by atoms with van der Waals surface area (Å²) in [4.78, 5) is 14.3. The van der Waals surface area contributed by atoms with Gasteiger partial charge in [-0.15, -0.1) is 0 Å². The monoisotopic (exact) mass is 253 g/mol. The van der Waals surface area contributed by atoms with Crippen molar-refractivity contribution in [3.63, 3.8) is 0 Å². The molecular weight excluding hydrogens is 226 g/mol. The van der Waals surface area contributed by atoms with Gasteiger partial charge < -0.3 is 11.1 Å². The number of rotatable bonds is 5. The Morgan fingerprint density at radius 2 is 2.11 bits per heavy atom. The van der Waals surface area contributed by atoms with Crippen LogP contribution >= 0.6 is 0 Å². The summed E-state index contributed by atoms with van der Waals surface area (Å²) in [6, 6.07) is 1.22. The molecule has 3 unspecified atom stereocenters. The lowest BCUT2D eigenvalue weighted by Gasteiger charge is -2.41. The first-order valence-electron chi connectivity index (χ1n) is 7.35. The maximum absolute atomic E-state index is 11.9. The molecule has 2 aliphatic rings. The van der Waals surface area contributed by atoms with Gasteiger partial charge in [-0.1, -0.05) is 6.92 Å². The molecule has 4 nitrogen and oxygen atoms in total. The van der Waals surface area contributed by atoms with Crippen LogP contribution in [0.5, 0.6) is 0 Å². The number of carbonyl (C=O) groups excluding carboxylic acids is 1. The van der Waals surface area contributed by atoms with Crippen molar-refractivity contribution >= 4 is 5.91 Å². The lowest BCUT2D eigenvalue weighted by atomic mass is 9.91. The fourth-order valence-electron chi connectivity index (χ4n) is 3.03. The third kappa shape index (κ3) is 3.69. The summed E-state index contributed by atoms with van der Waals surface area (Å²) in [5.41, 5.74) is 5.87. The van der Waals surface area contributed by atoms with Crippen LogP contribution in [-0.2, 0) is 4.79 Å². The Hall–Kier alpha value is -0.610. The van der Waals surface area contributed by atoms with Crippen molar-refractivity contribution in [2.45, 2.75) is 64.1 Å². The fourth-order valence-corrected chi connectivity index (χ4v) is 3.03. The molecule has 3 atom stereocenters. The summed E-state index contributed by atoms with van der Waals surface area (Å²) in [5, 5.41) is 3.06. The minimum atomic E-state index is 0.179. The van der Waals surface area contributed by atoms with Crippen molar-refractivity contribution in [3.05, 3.63) is 0 Å². The SMILES string of the molecule is CC1CCN(C(CN)CC(=O)NC2CC2)C(C)C1. The summed E-state index contributed by atoms with van der Waals surface area (Å²) in [7, 11) is 0. The average Bonchev–Trinajstić information content (AvgIpc) is 3.10. The normalized spacial score (nSPS) is 31.1. The van der Waals surface area contributed by atoms with E-state index in [1.54, 1.807) is 0 Å². The van der Waals surface area contributed by atoms with Crippen molar-refractivity contribution in [1.82, 2.24) is 10.2 Å². The van der Waals surface area contributed by atoms with E-state index in [-0.39, 0.29) is 11.9 Å². The second kappa shape index (κ2) is 6.02. The molecule has 1 aliphatic heterocycles. The number of amides is 1. The number of carbonyl (C=O) groups is 1. The van der Waals surface area contributed by atoms with E-state index >= 15 is 0 Å². The van der Waals surface area contributed by atoms with Gasteiger partial charge in [-0.3, -0.25) is 9.69 Å². The van der Waals surface area contributed by atoms with Crippen LogP contribution in [0, 0.1) is 5.92 Å². The van der Waals surface area contributed by atoms with Gasteiger partial charge in [0.25, 0.3) is 0 Å². The van der Waals surface area contributed by atoms with Crippen LogP contribution in [0.25, 0.3) is 0 Å². The zero-order chi connectivity index (χ0) is 13.1. The quantitative estimate of drug-likeness (QED) is 0.771. The van der Waals surface area contributed by atoms with Gasteiger partial charge in [0.05, 0.1) is 0 Å². The molecule has 0 radical (unpaired) electrons. The van der Waals surface area contributed by atoms with Gasteiger partial charge in [-0.05, 0) is 45.1 Å². The van der Waals surface area contributed by atoms with Crippen molar-refractivity contribution in [2.75, 3.05) is 13.1 Å². The number of hydrogen-bond donors (Lipinski definition) is 2. The summed E-state index contributed by atoms with van der Waals surface area (Å²) in [6.07, 6.45) is 5.31. The third-order valence-corrected chi connectivity index (χ3v) is 4.29. The molecule has 3 N–H and O–H groups in total. The molecule has 0 bridgehead atoms. The molecular formula is C14H27N3O. The Balaban J connectivity index is 1.84. The number of likely N-dealkylation sites (tertiary alicyclic amines) is 1. The highest BCUT2D eigenvalue weighted by Crippen LogP contribution is 2.25. The summed E-state index contributed by atoms with van der Waals surface area (Å²) < 4.78 is 0. The van der Waals surface area contributed by atoms with Gasteiger partial charge in [0, 0.05) is 31.1 Å². The van der Waals surface area contributed by atoms with E-state index in [9.17, 15) is 4.79 Å². The highest BCUT2D eigenvalue weighted by molar-refractivity contribution is 5.77. The van der Waals surface area contributed by atoms with Crippen LogP contribution in [0.15, 0.2) is 0 Å². The van der Waals surface area contributed by atoms with Crippen molar-refractivity contribution in [1.29, 1.82) is 0 Å². The van der Waals surface area contributed by atoms with Crippen LogP contribution in [0.3, 0.4) is 0 Å². The number of nitrogens with zero attached hydrogens (tertiary/aromatic N) is 1. The van der Waals surface area contributed by atoms with E-state index in [0.29, 0.717) is 25.0 Å². The molecule has 2 rings (SSSR count). The highest BCUT2D eigenvalue weighted by Gasteiger charge is 2.30. The number of nitrogens with two attached hydrogens (primary N) is 1. The molecule has 0 aromatic heterocycles. The van der Waals surface area contributed by atoms with E-state index < -0.39 is 0 Å². The zero-order valence-electron chi connectivity index (χ0n) is 11.7. The van der Waals surface area contributed by atoms with Gasteiger partial charge in [0.1, 0.15) is 0 Å². The molecule has 1 saturated carbocycles. The Kier molecular flexibility index (Phi) is 4.62. The van der Waals surface area contributed by atoms with E-state index in [0.717, 1.165) is 25.3 Å². The molecule has 1 heterocycles. The van der Waals surface area contributed by atoms with Gasteiger partial charge in [0.15, 0.2) is 0 Å². The molecule has 1 saturated heterocycles. The molecule has 2 fully saturated rings. The molecule has 104 valence electrons. The maximum Gasteiger partial charge on any atom is 0.221 e. The fraction of sp³-hybridized carbons (Fsp3) is 0.929. The third-order valence-electron chi connectivity index (χ3n) is 4.29. The number of hydrogen-bond acceptors (Lipinski definition) is 3.